The van der Waals surface area contributed by atoms with Gasteiger partial charge >= 0.3 is 5.97 Å². The van der Waals surface area contributed by atoms with Gasteiger partial charge < -0.3 is 10.0 Å². The van der Waals surface area contributed by atoms with Gasteiger partial charge in [-0.25, -0.2) is 9.78 Å². The summed E-state index contributed by atoms with van der Waals surface area (Å²) >= 11 is 1.41. The Hall–Kier alpha value is -2.34. The third-order valence-corrected chi connectivity index (χ3v) is 3.66. The van der Waals surface area contributed by atoms with E-state index in [9.17, 15) is 9.90 Å². The molecule has 0 spiro atoms. The highest BCUT2D eigenvalue weighted by Gasteiger charge is 2.22. The van der Waals surface area contributed by atoms with Gasteiger partial charge in [-0.1, -0.05) is 18.2 Å². The van der Waals surface area contributed by atoms with E-state index in [0.717, 1.165) is 5.69 Å². The van der Waals surface area contributed by atoms with Crippen molar-refractivity contribution in [2.75, 3.05) is 11.9 Å². The third-order valence-electron chi connectivity index (χ3n) is 2.91. The molecule has 0 fully saturated rings. The molecule has 5 nitrogen and oxygen atoms in total. The molecule has 0 saturated carbocycles. The van der Waals surface area contributed by atoms with Crippen molar-refractivity contribution in [1.29, 1.82) is 0 Å². The molecule has 19 heavy (non-hydrogen) atoms. The van der Waals surface area contributed by atoms with E-state index in [0.29, 0.717) is 10.8 Å². The number of carboxylic acid groups (broad SMARTS) is 1. The van der Waals surface area contributed by atoms with E-state index >= 15 is 0 Å². The van der Waals surface area contributed by atoms with E-state index in [4.69, 9.17) is 0 Å². The lowest BCUT2D eigenvalue weighted by Gasteiger charge is -2.17. The number of hydrogen-bond donors (Lipinski definition) is 1. The van der Waals surface area contributed by atoms with Crippen LogP contribution in [0.3, 0.4) is 0 Å². The molecule has 0 aliphatic rings. The molecule has 0 amide bonds. The average Bonchev–Trinajstić information content (AvgIpc) is 2.98. The number of carbonyl (C=O) groups is 1. The van der Waals surface area contributed by atoms with Crippen molar-refractivity contribution in [2.45, 2.75) is 0 Å². The van der Waals surface area contributed by atoms with Crippen LogP contribution in [-0.2, 0) is 0 Å². The summed E-state index contributed by atoms with van der Waals surface area (Å²) in [4.78, 5) is 18.3. The quantitative estimate of drug-likeness (QED) is 0.797. The third kappa shape index (κ3) is 1.86. The summed E-state index contributed by atoms with van der Waals surface area (Å²) in [5, 5.41) is 11.2. The molecule has 3 rings (SSSR count). The lowest BCUT2D eigenvalue weighted by Crippen LogP contribution is -2.14. The molecule has 0 aliphatic heterocycles. The molecule has 2 heterocycles. The Bertz CT molecular complexity index is 733. The first-order valence-corrected chi connectivity index (χ1v) is 6.54. The van der Waals surface area contributed by atoms with Gasteiger partial charge in [0.15, 0.2) is 16.5 Å². The summed E-state index contributed by atoms with van der Waals surface area (Å²) in [7, 11) is 1.81. The van der Waals surface area contributed by atoms with Gasteiger partial charge in [-0.3, -0.25) is 4.40 Å². The minimum absolute atomic E-state index is 0.183. The largest absolute Gasteiger partial charge is 0.476 e. The fourth-order valence-corrected chi connectivity index (χ4v) is 2.69. The van der Waals surface area contributed by atoms with E-state index in [1.54, 1.807) is 15.5 Å². The molecule has 3 aromatic rings. The maximum Gasteiger partial charge on any atom is 0.356 e. The molecule has 0 unspecified atom stereocenters. The molecule has 0 aliphatic carbocycles. The van der Waals surface area contributed by atoms with Crippen LogP contribution in [0.1, 0.15) is 10.5 Å². The summed E-state index contributed by atoms with van der Waals surface area (Å²) in [6.07, 6.45) is 1.72. The molecule has 0 bridgehead atoms. The zero-order valence-electron chi connectivity index (χ0n) is 10.1. The number of thiazole rings is 1. The van der Waals surface area contributed by atoms with Crippen molar-refractivity contribution in [3.8, 4) is 0 Å². The maximum atomic E-state index is 11.4. The Labute approximate surface area is 113 Å². The lowest BCUT2D eigenvalue weighted by atomic mass is 10.3. The van der Waals surface area contributed by atoms with Gasteiger partial charge in [0.25, 0.3) is 0 Å². The molecular formula is C13H11N3O2S. The molecule has 0 saturated heterocycles. The SMILES string of the molecule is CN(c1ccccc1)c1nc2sccn2c1C(=O)O. The van der Waals surface area contributed by atoms with Crippen molar-refractivity contribution in [3.63, 3.8) is 0 Å². The van der Waals surface area contributed by atoms with Gasteiger partial charge in [0.1, 0.15) is 0 Å². The smallest absolute Gasteiger partial charge is 0.356 e. The Kier molecular flexibility index (Phi) is 2.72. The number of aromatic carboxylic acids is 1. The second kappa shape index (κ2) is 4.40. The highest BCUT2D eigenvalue weighted by Crippen LogP contribution is 2.28. The van der Waals surface area contributed by atoms with E-state index in [1.165, 1.54) is 11.3 Å². The number of para-hydroxylation sites is 1. The molecule has 1 aromatic carbocycles. The van der Waals surface area contributed by atoms with E-state index < -0.39 is 5.97 Å². The van der Waals surface area contributed by atoms with Crippen LogP contribution < -0.4 is 4.90 Å². The summed E-state index contributed by atoms with van der Waals surface area (Å²) in [5.74, 6) is -0.533. The van der Waals surface area contributed by atoms with E-state index in [-0.39, 0.29) is 5.69 Å². The first-order chi connectivity index (χ1) is 9.18. The zero-order chi connectivity index (χ0) is 13.4. The first kappa shape index (κ1) is 11.7. The van der Waals surface area contributed by atoms with Crippen molar-refractivity contribution in [3.05, 3.63) is 47.6 Å². The molecule has 1 N–H and O–H groups in total. The van der Waals surface area contributed by atoms with Crippen molar-refractivity contribution in [2.24, 2.45) is 0 Å². The number of fused-ring (bicyclic) bond motifs is 1. The summed E-state index contributed by atoms with van der Waals surface area (Å²) in [6.45, 7) is 0. The van der Waals surface area contributed by atoms with Gasteiger partial charge in [-0.2, -0.15) is 0 Å². The molecule has 2 aromatic heterocycles. The van der Waals surface area contributed by atoms with Crippen molar-refractivity contribution in [1.82, 2.24) is 9.38 Å². The van der Waals surface area contributed by atoms with Crippen LogP contribution in [0.5, 0.6) is 0 Å². The fourth-order valence-electron chi connectivity index (χ4n) is 1.98. The number of imidazole rings is 1. The molecule has 0 radical (unpaired) electrons. The van der Waals surface area contributed by atoms with Crippen LogP contribution in [0, 0.1) is 0 Å². The Morgan fingerprint density at radius 3 is 2.79 bits per heavy atom. The average molecular weight is 273 g/mol. The molecule has 96 valence electrons. The van der Waals surface area contributed by atoms with Gasteiger partial charge in [0.05, 0.1) is 0 Å². The van der Waals surface area contributed by atoms with E-state index in [1.807, 2.05) is 42.8 Å². The molecule has 0 atom stereocenters. The Morgan fingerprint density at radius 2 is 2.11 bits per heavy atom. The lowest BCUT2D eigenvalue weighted by molar-refractivity contribution is 0.0690. The van der Waals surface area contributed by atoms with Gasteiger partial charge in [-0.15, -0.1) is 11.3 Å². The Morgan fingerprint density at radius 1 is 1.37 bits per heavy atom. The standard InChI is InChI=1S/C13H11N3O2S/c1-15(9-5-3-2-4-6-9)11-10(12(17)18)16-7-8-19-13(16)14-11/h2-8H,1H3,(H,17,18). The highest BCUT2D eigenvalue weighted by molar-refractivity contribution is 7.15. The molecule has 6 heteroatoms. The first-order valence-electron chi connectivity index (χ1n) is 5.66. The van der Waals surface area contributed by atoms with Gasteiger partial charge in [0.2, 0.25) is 0 Å². The van der Waals surface area contributed by atoms with Crippen LogP contribution >= 0.6 is 11.3 Å². The number of nitrogens with zero attached hydrogens (tertiary/aromatic N) is 3. The number of carboxylic acids is 1. The van der Waals surface area contributed by atoms with Crippen LogP contribution in [0.25, 0.3) is 4.96 Å². The zero-order valence-corrected chi connectivity index (χ0v) is 11.0. The number of hydrogen-bond acceptors (Lipinski definition) is 4. The highest BCUT2D eigenvalue weighted by atomic mass is 32.1. The minimum Gasteiger partial charge on any atom is -0.476 e. The molecular weight excluding hydrogens is 262 g/mol. The second-order valence-corrected chi connectivity index (χ2v) is 4.91. The maximum absolute atomic E-state index is 11.4. The fraction of sp³-hybridized carbons (Fsp3) is 0.0769. The van der Waals surface area contributed by atoms with E-state index in [2.05, 4.69) is 4.98 Å². The van der Waals surface area contributed by atoms with Gasteiger partial charge in [-0.05, 0) is 12.1 Å². The minimum atomic E-state index is -0.983. The Balaban J connectivity index is 2.17. The van der Waals surface area contributed by atoms with Crippen LogP contribution in [-0.4, -0.2) is 27.5 Å². The van der Waals surface area contributed by atoms with Gasteiger partial charge in [0, 0.05) is 24.3 Å². The van der Waals surface area contributed by atoms with Crippen molar-refractivity contribution >= 4 is 33.8 Å². The van der Waals surface area contributed by atoms with Crippen LogP contribution in [0.15, 0.2) is 41.9 Å². The monoisotopic (exact) mass is 273 g/mol. The normalized spacial score (nSPS) is 10.8. The number of benzene rings is 1. The second-order valence-electron chi connectivity index (χ2n) is 4.04. The summed E-state index contributed by atoms with van der Waals surface area (Å²) < 4.78 is 1.60. The topological polar surface area (TPSA) is 57.8 Å². The predicted molar refractivity (Wildman–Crippen MR) is 74.5 cm³/mol. The van der Waals surface area contributed by atoms with Crippen LogP contribution in [0.4, 0.5) is 11.5 Å². The van der Waals surface area contributed by atoms with Crippen LogP contribution in [0.2, 0.25) is 0 Å². The van der Waals surface area contributed by atoms with Crippen molar-refractivity contribution < 1.29 is 9.90 Å². The number of aromatic nitrogens is 2. The summed E-state index contributed by atoms with van der Waals surface area (Å²) in [6, 6.07) is 9.56. The predicted octanol–water partition coefficient (Wildman–Crippen LogP) is 2.86. The number of anilines is 2. The summed E-state index contributed by atoms with van der Waals surface area (Å²) in [5.41, 5.74) is 1.08. The number of rotatable bonds is 3.